The van der Waals surface area contributed by atoms with Crippen molar-refractivity contribution in [2.75, 3.05) is 44.8 Å². The van der Waals surface area contributed by atoms with Gasteiger partial charge in [-0.1, -0.05) is 12.6 Å². The van der Waals surface area contributed by atoms with Crippen molar-refractivity contribution in [2.45, 2.75) is 63.4 Å². The number of nitrogens with two attached hydrogens (primary N) is 1. The normalized spacial score (nSPS) is 25.7. The number of likely N-dealkylation sites (tertiary alicyclic amines) is 1. The maximum absolute atomic E-state index is 13.8. The van der Waals surface area contributed by atoms with Crippen LogP contribution in [-0.2, 0) is 20.4 Å². The summed E-state index contributed by atoms with van der Waals surface area (Å²) < 4.78 is 51.1. The Kier molecular flexibility index (Phi) is 8.53. The minimum Gasteiger partial charge on any atom is -0.387 e. The van der Waals surface area contributed by atoms with Crippen LogP contribution in [0, 0.1) is 5.92 Å². The fraction of sp³-hybridized carbons (Fsp3) is 0.586. The molecule has 5 rings (SSSR count). The van der Waals surface area contributed by atoms with Crippen LogP contribution in [0.1, 0.15) is 44.6 Å². The summed E-state index contributed by atoms with van der Waals surface area (Å²) in [5.74, 6) is 0.320. The molecule has 3 saturated heterocycles. The van der Waals surface area contributed by atoms with E-state index in [0.717, 1.165) is 57.4 Å². The molecule has 1 unspecified atom stereocenters. The lowest BCUT2D eigenvalue weighted by molar-refractivity contribution is -0.151. The van der Waals surface area contributed by atoms with Gasteiger partial charge in [0.25, 0.3) is 5.91 Å². The zero-order valence-corrected chi connectivity index (χ0v) is 22.9. The fourth-order valence-electron chi connectivity index (χ4n) is 5.79. The summed E-state index contributed by atoms with van der Waals surface area (Å²) in [5.41, 5.74) is 6.61. The average molecular weight is 562 g/mol. The largest absolute Gasteiger partial charge is 0.416 e. The predicted molar refractivity (Wildman–Crippen MR) is 147 cm³/mol. The van der Waals surface area contributed by atoms with Crippen LogP contribution in [0.5, 0.6) is 0 Å². The number of carbonyl (C=O) groups is 1. The number of hydrogen-bond donors (Lipinski definition) is 2. The number of amidine groups is 1. The molecule has 218 valence electrons. The van der Waals surface area contributed by atoms with E-state index in [9.17, 15) is 18.0 Å². The van der Waals surface area contributed by atoms with Crippen LogP contribution in [0.4, 0.5) is 18.9 Å². The number of allylic oxidation sites excluding steroid dienone is 1. The van der Waals surface area contributed by atoms with Gasteiger partial charge < -0.3 is 25.4 Å². The topological polar surface area (TPSA) is 92.4 Å². The van der Waals surface area contributed by atoms with E-state index in [-0.39, 0.29) is 29.3 Å². The second-order valence-corrected chi connectivity index (χ2v) is 11.1. The monoisotopic (exact) mass is 561 g/mol. The quantitative estimate of drug-likeness (QED) is 0.225. The molecule has 0 spiro atoms. The number of piperidine rings is 1. The summed E-state index contributed by atoms with van der Waals surface area (Å²) in [6, 6.07) is 5.59. The van der Waals surface area contributed by atoms with Gasteiger partial charge in [-0.2, -0.15) is 13.2 Å². The van der Waals surface area contributed by atoms with Gasteiger partial charge in [-0.15, -0.1) is 0 Å². The summed E-state index contributed by atoms with van der Waals surface area (Å²) in [7, 11) is 0. The van der Waals surface area contributed by atoms with E-state index in [1.54, 1.807) is 11.8 Å². The Balaban J connectivity index is 1.30. The summed E-state index contributed by atoms with van der Waals surface area (Å²) in [6.45, 7) is 9.81. The first-order valence-electron chi connectivity index (χ1n) is 14.0. The Morgan fingerprint density at radius 2 is 1.88 bits per heavy atom. The van der Waals surface area contributed by atoms with Crippen LogP contribution in [0.2, 0.25) is 0 Å². The molecule has 3 N–H and O–H groups in total. The minimum absolute atomic E-state index is 0.106. The van der Waals surface area contributed by atoms with Crippen molar-refractivity contribution in [2.24, 2.45) is 16.6 Å². The first-order chi connectivity index (χ1) is 19.1. The molecule has 8 nitrogen and oxygen atoms in total. The van der Waals surface area contributed by atoms with E-state index in [1.165, 1.54) is 12.1 Å². The number of fused-ring (bicyclic) bond motifs is 1. The molecule has 1 aromatic carbocycles. The maximum Gasteiger partial charge on any atom is 0.416 e. The highest BCUT2D eigenvalue weighted by atomic mass is 19.4. The number of anilines is 1. The average Bonchev–Trinajstić information content (AvgIpc) is 3.80. The third kappa shape index (κ3) is 6.53. The lowest BCUT2D eigenvalue weighted by Gasteiger charge is -2.49. The molecule has 40 heavy (non-hydrogen) atoms. The first-order valence-corrected chi connectivity index (χ1v) is 14.0. The zero-order valence-electron chi connectivity index (χ0n) is 22.9. The maximum atomic E-state index is 13.8. The molecule has 0 aromatic heterocycles. The molecule has 3 aliphatic heterocycles. The number of benzene rings is 1. The number of ether oxygens (including phenoxy) is 2. The fourth-order valence-corrected chi connectivity index (χ4v) is 5.79. The smallest absolute Gasteiger partial charge is 0.387 e. The third-order valence-corrected chi connectivity index (χ3v) is 8.33. The van der Waals surface area contributed by atoms with Crippen molar-refractivity contribution in [3.8, 4) is 0 Å². The van der Waals surface area contributed by atoms with E-state index in [0.29, 0.717) is 55.5 Å². The van der Waals surface area contributed by atoms with Crippen LogP contribution in [-0.4, -0.2) is 79.2 Å². The molecule has 0 radical (unpaired) electrons. The van der Waals surface area contributed by atoms with E-state index in [4.69, 9.17) is 15.2 Å². The molecular formula is C29H38F3N5O3. The number of rotatable bonds is 7. The number of nitrogens with zero attached hydrogens (tertiary/aromatic N) is 3. The van der Waals surface area contributed by atoms with Gasteiger partial charge in [-0.3, -0.25) is 9.69 Å². The number of morpholine rings is 1. The van der Waals surface area contributed by atoms with E-state index in [2.05, 4.69) is 21.8 Å². The van der Waals surface area contributed by atoms with Crippen molar-refractivity contribution < 1.29 is 27.4 Å². The highest BCUT2D eigenvalue weighted by Crippen LogP contribution is 2.33. The minimum atomic E-state index is -4.47. The molecule has 1 aliphatic carbocycles. The van der Waals surface area contributed by atoms with Crippen molar-refractivity contribution in [1.82, 2.24) is 9.80 Å². The Hall–Kier alpha value is -2.89. The standard InChI is InChI=1S/C29H38F3N5O3/c1-18(19(2)34-22-5-3-4-21(16-22)29(30,31)32)26(35-27(33)20-6-7-20)28(38)36-11-8-23(9-12-36)37-13-15-40-25-17-39-14-10-24(25)37/h3-5,16,20,23-25,34H,2,6-15,17H2,1H3,(H2,33,35)/b26-18-/t24-,25?/m0/s1. The highest BCUT2D eigenvalue weighted by molar-refractivity contribution is 5.99. The number of alkyl halides is 3. The lowest BCUT2D eigenvalue weighted by atomic mass is 9.95. The second-order valence-electron chi connectivity index (χ2n) is 11.1. The second kappa shape index (κ2) is 11.9. The van der Waals surface area contributed by atoms with Crippen LogP contribution in [0.25, 0.3) is 0 Å². The highest BCUT2D eigenvalue weighted by Gasteiger charge is 2.40. The van der Waals surface area contributed by atoms with Crippen LogP contribution in [0.3, 0.4) is 0 Å². The van der Waals surface area contributed by atoms with Crippen LogP contribution < -0.4 is 11.1 Å². The zero-order chi connectivity index (χ0) is 28.4. The van der Waals surface area contributed by atoms with E-state index in [1.807, 2.05) is 0 Å². The number of halogens is 3. The van der Waals surface area contributed by atoms with Gasteiger partial charge in [0.05, 0.1) is 24.9 Å². The lowest BCUT2D eigenvalue weighted by Crippen LogP contribution is -2.60. The molecule has 4 aliphatic rings. The Morgan fingerprint density at radius 3 is 2.58 bits per heavy atom. The summed E-state index contributed by atoms with van der Waals surface area (Å²) in [5, 5.41) is 2.93. The van der Waals surface area contributed by atoms with E-state index < -0.39 is 11.7 Å². The van der Waals surface area contributed by atoms with Gasteiger partial charge in [0.15, 0.2) is 0 Å². The van der Waals surface area contributed by atoms with Gasteiger partial charge in [0.1, 0.15) is 11.5 Å². The van der Waals surface area contributed by atoms with Gasteiger partial charge in [-0.05, 0) is 57.2 Å². The van der Waals surface area contributed by atoms with Gasteiger partial charge in [-0.25, -0.2) is 4.99 Å². The van der Waals surface area contributed by atoms with Crippen molar-refractivity contribution in [3.63, 3.8) is 0 Å². The summed E-state index contributed by atoms with van der Waals surface area (Å²) in [4.78, 5) is 22.7. The molecule has 0 bridgehead atoms. The number of carbonyl (C=O) groups excluding carboxylic acids is 1. The molecule has 1 saturated carbocycles. The number of nitrogens with one attached hydrogen (secondary N) is 1. The number of aliphatic imine (C=N–C) groups is 1. The van der Waals surface area contributed by atoms with Crippen molar-refractivity contribution in [3.05, 3.63) is 53.4 Å². The Labute approximate surface area is 233 Å². The molecule has 1 amide bonds. The Morgan fingerprint density at radius 1 is 1.12 bits per heavy atom. The Bertz CT molecular complexity index is 1170. The summed E-state index contributed by atoms with van der Waals surface area (Å²) in [6.07, 6.45) is 0.129. The SMILES string of the molecule is C=C(Nc1cccc(C(F)(F)F)c1)/C(C)=C(\N=C(N)C1CC1)C(=O)N1CCC(N2CCOC3COCC[C@@H]32)CC1. The van der Waals surface area contributed by atoms with Gasteiger partial charge in [0, 0.05) is 61.2 Å². The first kappa shape index (κ1) is 28.6. The molecular weight excluding hydrogens is 523 g/mol. The molecule has 11 heteroatoms. The predicted octanol–water partition coefficient (Wildman–Crippen LogP) is 4.15. The van der Waals surface area contributed by atoms with Gasteiger partial charge in [0.2, 0.25) is 0 Å². The third-order valence-electron chi connectivity index (χ3n) is 8.33. The number of amides is 1. The molecule has 4 fully saturated rings. The van der Waals surface area contributed by atoms with E-state index >= 15 is 0 Å². The van der Waals surface area contributed by atoms with Crippen molar-refractivity contribution in [1.29, 1.82) is 0 Å². The molecule has 2 atom stereocenters. The summed E-state index contributed by atoms with van der Waals surface area (Å²) >= 11 is 0. The van der Waals surface area contributed by atoms with Crippen molar-refractivity contribution >= 4 is 17.4 Å². The van der Waals surface area contributed by atoms with Crippen LogP contribution >= 0.6 is 0 Å². The molecule has 3 heterocycles. The number of hydrogen-bond acceptors (Lipinski definition) is 6. The molecule has 1 aromatic rings. The van der Waals surface area contributed by atoms with Crippen LogP contribution in [0.15, 0.2) is 52.8 Å². The van der Waals surface area contributed by atoms with Gasteiger partial charge >= 0.3 is 6.18 Å².